The zero-order valence-electron chi connectivity index (χ0n) is 15.8. The van der Waals surface area contributed by atoms with Gasteiger partial charge in [-0.15, -0.1) is 0 Å². The zero-order chi connectivity index (χ0) is 22.4. The molecule has 0 heterocycles. The maximum absolute atomic E-state index is 12.9. The number of benzene rings is 2. The fourth-order valence-electron chi connectivity index (χ4n) is 2.60. The Kier molecular flexibility index (Phi) is 8.39. The van der Waals surface area contributed by atoms with Crippen molar-refractivity contribution in [2.75, 3.05) is 0 Å². The summed E-state index contributed by atoms with van der Waals surface area (Å²) in [5.74, 6) is 0.406. The molecule has 30 heavy (non-hydrogen) atoms. The number of rotatable bonds is 4. The Balaban J connectivity index is 0.000000343. The largest absolute Gasteiger partial charge is 0.741 e. The van der Waals surface area contributed by atoms with E-state index in [-0.39, 0.29) is 32.9 Å². The van der Waals surface area contributed by atoms with Crippen molar-refractivity contribution in [1.29, 1.82) is 0 Å². The smallest absolute Gasteiger partial charge is 0.485 e. The molecule has 9 heteroatoms. The molecule has 1 atom stereocenters. The average Bonchev–Trinajstić information content (AvgIpc) is 2.68. The second kappa shape index (κ2) is 10.4. The third-order valence-electron chi connectivity index (χ3n) is 3.99. The molecule has 0 fully saturated rings. The molecule has 1 unspecified atom stereocenters. The first-order valence-electron chi connectivity index (χ1n) is 8.72. The van der Waals surface area contributed by atoms with Crippen molar-refractivity contribution in [3.8, 4) is 0 Å². The summed E-state index contributed by atoms with van der Waals surface area (Å²) in [6.07, 6.45) is 5.29. The number of alkyl halides is 3. The fourth-order valence-corrected chi connectivity index (χ4v) is 5.63. The van der Waals surface area contributed by atoms with E-state index in [4.69, 9.17) is 13.0 Å². The minimum atomic E-state index is -6.09. The number of hydrogen-bond acceptors (Lipinski definition) is 4. The molecule has 2 aromatic rings. The van der Waals surface area contributed by atoms with Gasteiger partial charge in [-0.25, -0.2) is 8.42 Å². The summed E-state index contributed by atoms with van der Waals surface area (Å²) < 4.78 is 61.6. The van der Waals surface area contributed by atoms with Crippen molar-refractivity contribution < 1.29 is 52.1 Å². The van der Waals surface area contributed by atoms with Gasteiger partial charge in [0.25, 0.3) is 0 Å². The molecule has 0 radical (unpaired) electrons. The molecule has 0 aliphatic heterocycles. The van der Waals surface area contributed by atoms with Crippen LogP contribution in [0.15, 0.2) is 82.0 Å². The molecule has 1 aliphatic carbocycles. The zero-order valence-corrected chi connectivity index (χ0v) is 18.7. The quantitative estimate of drug-likeness (QED) is 0.191. The van der Waals surface area contributed by atoms with Gasteiger partial charge in [0, 0.05) is 17.9 Å². The minimum Gasteiger partial charge on any atom is -0.741 e. The van der Waals surface area contributed by atoms with Crippen LogP contribution < -0.4 is 21.2 Å². The highest BCUT2D eigenvalue weighted by Gasteiger charge is 2.37. The first-order chi connectivity index (χ1) is 14.0. The molecule has 0 aromatic heterocycles. The van der Waals surface area contributed by atoms with Gasteiger partial charge < -0.3 is 4.55 Å². The molecule has 2 aromatic carbocycles. The van der Waals surface area contributed by atoms with E-state index in [1.807, 2.05) is 36.4 Å². The first kappa shape index (κ1) is 24.3. The molecule has 0 N–H and O–H groups in total. The lowest BCUT2D eigenvalue weighted by Gasteiger charge is -2.15. The topological polar surface area (TPSA) is 74.3 Å². The highest BCUT2D eigenvalue weighted by molar-refractivity contribution is 7.86. The first-order valence-corrected chi connectivity index (χ1v) is 12.3. The molecule has 0 bridgehead atoms. The third kappa shape index (κ3) is 6.78. The lowest BCUT2D eigenvalue weighted by molar-refractivity contribution is -0.579. The van der Waals surface area contributed by atoms with Gasteiger partial charge in [-0.2, -0.15) is 13.2 Å². The Labute approximate surface area is 183 Å². The van der Waals surface area contributed by atoms with Crippen LogP contribution in [0.2, 0.25) is 0 Å². The van der Waals surface area contributed by atoms with Crippen LogP contribution in [-0.2, 0) is 10.1 Å². The van der Waals surface area contributed by atoms with Crippen LogP contribution in [-0.4, -0.2) is 24.3 Å². The highest BCUT2D eigenvalue weighted by Crippen LogP contribution is 2.24. The second-order valence-electron chi connectivity index (χ2n) is 6.22. The summed E-state index contributed by atoms with van der Waals surface area (Å²) in [6, 6.07) is 20.2. The van der Waals surface area contributed by atoms with Gasteiger partial charge in [0.1, 0.15) is 0 Å². The lowest BCUT2D eigenvalue weighted by Crippen LogP contribution is -3.61. The molecule has 0 saturated heterocycles. The van der Waals surface area contributed by atoms with E-state index in [0.29, 0.717) is 0 Å². The average molecular weight is 550 g/mol. The number of carbonyl (C=O) groups is 1. The molecule has 3 rings (SSSR count). The van der Waals surface area contributed by atoms with E-state index >= 15 is 0 Å². The number of carbonyl (C=O) groups excluding carboxylic acids is 1. The molecule has 0 amide bonds. The second-order valence-corrected chi connectivity index (χ2v) is 10.7. The van der Waals surface area contributed by atoms with Crippen LogP contribution >= 0.6 is 0 Å². The third-order valence-corrected chi connectivity index (χ3v) is 7.57. The number of hydrogen-bond donors (Lipinski definition) is 0. The number of Topliss-reactive ketones (excluding diaryl/α,β-unsaturated/α-hetero) is 1. The summed E-state index contributed by atoms with van der Waals surface area (Å²) in [7, 11) is -6.09. The summed E-state index contributed by atoms with van der Waals surface area (Å²) in [4.78, 5) is 12.9. The Bertz CT molecular complexity index is 1030. The van der Waals surface area contributed by atoms with Crippen molar-refractivity contribution in [3.05, 3.63) is 91.1 Å². The number of ketones is 1. The Hall–Kier alpha value is -1.98. The van der Waals surface area contributed by atoms with Crippen LogP contribution in [0.4, 0.5) is 13.2 Å². The molecular formula is C21H18F3IO4S. The van der Waals surface area contributed by atoms with Crippen LogP contribution in [0.1, 0.15) is 23.7 Å². The predicted octanol–water partition coefficient (Wildman–Crippen LogP) is 1.73. The van der Waals surface area contributed by atoms with Crippen molar-refractivity contribution >= 4 is 15.9 Å². The van der Waals surface area contributed by atoms with Gasteiger partial charge in [-0.05, 0) is 12.1 Å². The number of halogens is 4. The molecule has 1 aliphatic rings. The standard InChI is InChI=1S/C20H18IO.CHF3O3S/c1-15-9-8-14-18(21-17-12-6-3-7-13-17)19(15)20(22)16-10-4-2-5-11-16;2-1(3,4)8(5,6)7/h2-13,15H,14H2,1H3;(H,5,6,7)/q+1;/p-1. The summed E-state index contributed by atoms with van der Waals surface area (Å²) in [5, 5.41) is 0. The maximum atomic E-state index is 12.9. The SMILES string of the molecule is CC1C=CCC([I+]c2ccccc2)=C1C(=O)c1ccccc1.O=S(=O)([O-])C(F)(F)F. The molecule has 160 valence electrons. The monoisotopic (exact) mass is 550 g/mol. The maximum Gasteiger partial charge on any atom is 0.485 e. The van der Waals surface area contributed by atoms with E-state index in [2.05, 4.69) is 43.3 Å². The van der Waals surface area contributed by atoms with E-state index in [1.165, 1.54) is 7.15 Å². The molecular weight excluding hydrogens is 532 g/mol. The van der Waals surface area contributed by atoms with Gasteiger partial charge in [0.05, 0.1) is 5.57 Å². The predicted molar refractivity (Wildman–Crippen MR) is 102 cm³/mol. The van der Waals surface area contributed by atoms with Crippen molar-refractivity contribution in [3.63, 3.8) is 0 Å². The van der Waals surface area contributed by atoms with Crippen LogP contribution in [0.5, 0.6) is 0 Å². The molecule has 0 spiro atoms. The Morgan fingerprint density at radius 3 is 2.03 bits per heavy atom. The summed E-state index contributed by atoms with van der Waals surface area (Å²) in [6.45, 7) is 2.13. The van der Waals surface area contributed by atoms with E-state index < -0.39 is 15.6 Å². The summed E-state index contributed by atoms with van der Waals surface area (Å²) in [5.41, 5.74) is -3.83. The van der Waals surface area contributed by atoms with Crippen molar-refractivity contribution in [2.45, 2.75) is 18.9 Å². The number of allylic oxidation sites excluding steroid dienone is 4. The minimum absolute atomic E-state index is 0.197. The fraction of sp³-hybridized carbons (Fsp3) is 0.190. The van der Waals surface area contributed by atoms with Crippen molar-refractivity contribution in [2.24, 2.45) is 5.92 Å². The van der Waals surface area contributed by atoms with Gasteiger partial charge in [-0.1, -0.05) is 67.6 Å². The van der Waals surface area contributed by atoms with E-state index in [9.17, 15) is 18.0 Å². The normalized spacial score (nSPS) is 16.6. The van der Waals surface area contributed by atoms with Crippen LogP contribution in [0, 0.1) is 9.49 Å². The molecule has 4 nitrogen and oxygen atoms in total. The highest BCUT2D eigenvalue weighted by atomic mass is 127. The van der Waals surface area contributed by atoms with E-state index in [0.717, 1.165) is 17.6 Å². The van der Waals surface area contributed by atoms with Crippen LogP contribution in [0.3, 0.4) is 0 Å². The lowest BCUT2D eigenvalue weighted by atomic mass is 9.89. The van der Waals surface area contributed by atoms with Gasteiger partial charge in [0.15, 0.2) is 23.1 Å². The van der Waals surface area contributed by atoms with E-state index in [1.54, 1.807) is 0 Å². The molecule has 0 saturated carbocycles. The summed E-state index contributed by atoms with van der Waals surface area (Å²) >= 11 is -0.280. The van der Waals surface area contributed by atoms with Gasteiger partial charge in [0.2, 0.25) is 0 Å². The van der Waals surface area contributed by atoms with Crippen molar-refractivity contribution in [1.82, 2.24) is 0 Å². The Morgan fingerprint density at radius 1 is 1.03 bits per heavy atom. The Morgan fingerprint density at radius 2 is 1.53 bits per heavy atom. The van der Waals surface area contributed by atoms with Gasteiger partial charge >= 0.3 is 26.7 Å². The van der Waals surface area contributed by atoms with Crippen LogP contribution in [0.25, 0.3) is 0 Å². The van der Waals surface area contributed by atoms with Gasteiger partial charge in [-0.3, -0.25) is 4.79 Å².